The van der Waals surface area contributed by atoms with Crippen molar-refractivity contribution >= 4 is 17.3 Å². The molecule has 0 saturated carbocycles. The number of ether oxygens (including phenoxy) is 2. The molecule has 1 heterocycles. The van der Waals surface area contributed by atoms with E-state index < -0.39 is 5.97 Å². The predicted molar refractivity (Wildman–Crippen MR) is 90.8 cm³/mol. The van der Waals surface area contributed by atoms with Crippen LogP contribution in [0.5, 0.6) is 5.75 Å². The summed E-state index contributed by atoms with van der Waals surface area (Å²) in [6, 6.07) is 12.2. The summed E-state index contributed by atoms with van der Waals surface area (Å²) in [7, 11) is 0. The first kappa shape index (κ1) is 17.8. The normalized spacial score (nSPS) is 10.2. The Morgan fingerprint density at radius 1 is 1.16 bits per heavy atom. The zero-order valence-corrected chi connectivity index (χ0v) is 13.7. The first-order valence-electron chi connectivity index (χ1n) is 7.42. The number of esters is 1. The van der Waals surface area contributed by atoms with Gasteiger partial charge in [0.05, 0.1) is 11.9 Å². The first-order valence-corrected chi connectivity index (χ1v) is 7.42. The highest BCUT2D eigenvalue weighted by Crippen LogP contribution is 2.21. The molecule has 0 aliphatic carbocycles. The highest BCUT2D eigenvalue weighted by molar-refractivity contribution is 5.86. The molecular formula is C18H16N4O3. The second-order valence-electron chi connectivity index (χ2n) is 4.97. The number of carbonyl (C=O) groups is 1. The van der Waals surface area contributed by atoms with E-state index in [2.05, 4.69) is 21.8 Å². The van der Waals surface area contributed by atoms with Gasteiger partial charge < -0.3 is 9.47 Å². The smallest absolute Gasteiger partial charge is 0.333 e. The third-order valence-electron chi connectivity index (χ3n) is 2.91. The maximum Gasteiger partial charge on any atom is 0.333 e. The lowest BCUT2D eigenvalue weighted by Gasteiger charge is -2.07. The standard InChI is InChI=1S/C18H16N4O3/c1-13(2)18(23)25-10-9-24-17-7-5-14(6-8-17)21-22-16-4-3-15(11-19)20-12-16/h3-8,12H,1,9-10H2,2H3. The molecule has 0 bridgehead atoms. The predicted octanol–water partition coefficient (Wildman–Crippen LogP) is 3.87. The summed E-state index contributed by atoms with van der Waals surface area (Å²) < 4.78 is 10.4. The molecule has 126 valence electrons. The number of rotatable bonds is 7. The van der Waals surface area contributed by atoms with E-state index >= 15 is 0 Å². The molecule has 1 aromatic heterocycles. The van der Waals surface area contributed by atoms with Gasteiger partial charge in [0, 0.05) is 5.57 Å². The van der Waals surface area contributed by atoms with Crippen LogP contribution in [0, 0.1) is 11.3 Å². The van der Waals surface area contributed by atoms with Gasteiger partial charge in [-0.1, -0.05) is 6.58 Å². The summed E-state index contributed by atoms with van der Waals surface area (Å²) in [6.07, 6.45) is 1.48. The molecule has 2 rings (SSSR count). The summed E-state index contributed by atoms with van der Waals surface area (Å²) in [4.78, 5) is 15.1. The maximum atomic E-state index is 11.2. The van der Waals surface area contributed by atoms with Crippen LogP contribution in [0.2, 0.25) is 0 Å². The Kier molecular flexibility index (Phi) is 6.37. The van der Waals surface area contributed by atoms with E-state index in [9.17, 15) is 4.79 Å². The number of nitrogens with zero attached hydrogens (tertiary/aromatic N) is 4. The number of hydrogen-bond donors (Lipinski definition) is 0. The number of benzene rings is 1. The van der Waals surface area contributed by atoms with Gasteiger partial charge >= 0.3 is 5.97 Å². The van der Waals surface area contributed by atoms with Crippen LogP contribution < -0.4 is 4.74 Å². The average Bonchev–Trinajstić information content (AvgIpc) is 2.64. The Balaban J connectivity index is 1.83. The van der Waals surface area contributed by atoms with Crippen molar-refractivity contribution in [3.63, 3.8) is 0 Å². The SMILES string of the molecule is C=C(C)C(=O)OCCOc1ccc(N=Nc2ccc(C#N)nc2)cc1. The van der Waals surface area contributed by atoms with Crippen molar-refractivity contribution in [2.45, 2.75) is 6.92 Å². The summed E-state index contributed by atoms with van der Waals surface area (Å²) in [5.74, 6) is 0.196. The first-order chi connectivity index (χ1) is 12.1. The molecule has 0 saturated heterocycles. The quantitative estimate of drug-likeness (QED) is 0.331. The van der Waals surface area contributed by atoms with E-state index in [-0.39, 0.29) is 13.2 Å². The lowest BCUT2D eigenvalue weighted by Crippen LogP contribution is -2.12. The van der Waals surface area contributed by atoms with Crippen LogP contribution in [-0.4, -0.2) is 24.2 Å². The van der Waals surface area contributed by atoms with E-state index in [1.54, 1.807) is 43.3 Å². The zero-order chi connectivity index (χ0) is 18.1. The second kappa shape index (κ2) is 8.93. The fraction of sp³-hybridized carbons (Fsp3) is 0.167. The molecule has 0 aliphatic rings. The van der Waals surface area contributed by atoms with Crippen molar-refractivity contribution in [1.82, 2.24) is 4.98 Å². The summed E-state index contributed by atoms with van der Waals surface area (Å²) >= 11 is 0. The number of azo groups is 1. The van der Waals surface area contributed by atoms with E-state index in [0.29, 0.717) is 28.4 Å². The lowest BCUT2D eigenvalue weighted by molar-refractivity contribution is -0.139. The molecule has 0 aliphatic heterocycles. The number of aromatic nitrogens is 1. The van der Waals surface area contributed by atoms with Crippen molar-refractivity contribution in [1.29, 1.82) is 5.26 Å². The largest absolute Gasteiger partial charge is 0.490 e. The Morgan fingerprint density at radius 2 is 1.84 bits per heavy atom. The minimum Gasteiger partial charge on any atom is -0.490 e. The highest BCUT2D eigenvalue weighted by Gasteiger charge is 2.02. The van der Waals surface area contributed by atoms with E-state index in [1.165, 1.54) is 6.20 Å². The van der Waals surface area contributed by atoms with Crippen LogP contribution in [0.3, 0.4) is 0 Å². The van der Waals surface area contributed by atoms with Gasteiger partial charge in [-0.25, -0.2) is 9.78 Å². The van der Waals surface area contributed by atoms with Gasteiger partial charge in [0.1, 0.15) is 36.4 Å². The molecule has 7 heteroatoms. The molecule has 25 heavy (non-hydrogen) atoms. The molecule has 0 fully saturated rings. The number of pyridine rings is 1. The fourth-order valence-electron chi connectivity index (χ4n) is 1.65. The molecule has 0 amide bonds. The zero-order valence-electron chi connectivity index (χ0n) is 13.7. The second-order valence-corrected chi connectivity index (χ2v) is 4.97. The van der Waals surface area contributed by atoms with Crippen LogP contribution in [-0.2, 0) is 9.53 Å². The number of hydrogen-bond acceptors (Lipinski definition) is 7. The average molecular weight is 336 g/mol. The van der Waals surface area contributed by atoms with Gasteiger partial charge in [0.15, 0.2) is 0 Å². The Bertz CT molecular complexity index is 806. The molecule has 0 radical (unpaired) electrons. The van der Waals surface area contributed by atoms with E-state index in [1.807, 2.05) is 6.07 Å². The van der Waals surface area contributed by atoms with Crippen molar-refractivity contribution in [3.05, 3.63) is 60.4 Å². The molecule has 0 unspecified atom stereocenters. The number of nitriles is 1. The number of carbonyl (C=O) groups excluding carboxylic acids is 1. The summed E-state index contributed by atoms with van der Waals surface area (Å²) in [5, 5.41) is 16.8. The molecule has 2 aromatic rings. The van der Waals surface area contributed by atoms with Crippen LogP contribution in [0.4, 0.5) is 11.4 Å². The third-order valence-corrected chi connectivity index (χ3v) is 2.91. The fourth-order valence-corrected chi connectivity index (χ4v) is 1.65. The van der Waals surface area contributed by atoms with E-state index in [4.69, 9.17) is 14.7 Å². The Morgan fingerprint density at radius 3 is 2.44 bits per heavy atom. The summed E-state index contributed by atoms with van der Waals surface area (Å²) in [5.41, 5.74) is 1.88. The van der Waals surface area contributed by atoms with Gasteiger partial charge in [-0.15, -0.1) is 5.11 Å². The Hall–Kier alpha value is -3.53. The van der Waals surface area contributed by atoms with Gasteiger partial charge in [-0.2, -0.15) is 10.4 Å². The van der Waals surface area contributed by atoms with Gasteiger partial charge in [-0.05, 0) is 43.3 Å². The third kappa shape index (κ3) is 5.88. The van der Waals surface area contributed by atoms with Crippen LogP contribution in [0.25, 0.3) is 0 Å². The van der Waals surface area contributed by atoms with Crippen LogP contribution >= 0.6 is 0 Å². The monoisotopic (exact) mass is 336 g/mol. The van der Waals surface area contributed by atoms with Crippen molar-refractivity contribution in [3.8, 4) is 11.8 Å². The molecule has 0 atom stereocenters. The topological polar surface area (TPSA) is 96.9 Å². The van der Waals surface area contributed by atoms with Gasteiger partial charge in [0.25, 0.3) is 0 Å². The van der Waals surface area contributed by atoms with Gasteiger partial charge in [0.2, 0.25) is 0 Å². The van der Waals surface area contributed by atoms with Crippen molar-refractivity contribution < 1.29 is 14.3 Å². The van der Waals surface area contributed by atoms with Crippen LogP contribution in [0.15, 0.2) is 65.0 Å². The molecule has 0 spiro atoms. The maximum absolute atomic E-state index is 11.2. The van der Waals surface area contributed by atoms with Gasteiger partial charge in [-0.3, -0.25) is 0 Å². The lowest BCUT2D eigenvalue weighted by atomic mass is 10.3. The van der Waals surface area contributed by atoms with Crippen LogP contribution in [0.1, 0.15) is 12.6 Å². The molecule has 1 aromatic carbocycles. The van der Waals surface area contributed by atoms with Crippen molar-refractivity contribution in [2.75, 3.05) is 13.2 Å². The molecule has 7 nitrogen and oxygen atoms in total. The van der Waals surface area contributed by atoms with E-state index in [0.717, 1.165) is 0 Å². The molecule has 0 N–H and O–H groups in total. The highest BCUT2D eigenvalue weighted by atomic mass is 16.6. The minimum atomic E-state index is -0.434. The van der Waals surface area contributed by atoms with Crippen molar-refractivity contribution in [2.24, 2.45) is 10.2 Å². The summed E-state index contributed by atoms with van der Waals surface area (Å²) in [6.45, 7) is 5.48. The molecular weight excluding hydrogens is 320 g/mol. The Labute approximate surface area is 145 Å². The minimum absolute atomic E-state index is 0.152.